The van der Waals surface area contributed by atoms with Gasteiger partial charge in [-0.15, -0.1) is 11.6 Å². The van der Waals surface area contributed by atoms with E-state index in [-0.39, 0.29) is 0 Å². The molecule has 1 heterocycles. The van der Waals surface area contributed by atoms with Gasteiger partial charge in [0.2, 0.25) is 0 Å². The van der Waals surface area contributed by atoms with Crippen LogP contribution in [0.1, 0.15) is 32.6 Å². The van der Waals surface area contributed by atoms with E-state index in [4.69, 9.17) is 16.3 Å². The Hall–Kier alpha value is -0.960. The molecule has 2 atom stereocenters. The zero-order valence-electron chi connectivity index (χ0n) is 10.9. The fourth-order valence-electron chi connectivity index (χ4n) is 2.53. The van der Waals surface area contributed by atoms with Gasteiger partial charge in [0.15, 0.2) is 11.6 Å². The molecule has 1 aliphatic carbocycles. The highest BCUT2D eigenvalue weighted by molar-refractivity contribution is 6.18. The Morgan fingerprint density at radius 3 is 3.06 bits per heavy atom. The van der Waals surface area contributed by atoms with Crippen molar-refractivity contribution in [2.75, 3.05) is 17.8 Å². The van der Waals surface area contributed by atoms with E-state index in [1.54, 1.807) is 6.20 Å². The van der Waals surface area contributed by atoms with Crippen molar-refractivity contribution in [3.05, 3.63) is 18.3 Å². The van der Waals surface area contributed by atoms with Gasteiger partial charge in [-0.25, -0.2) is 4.98 Å². The third-order valence-electron chi connectivity index (χ3n) is 3.50. The second-order valence-electron chi connectivity index (χ2n) is 4.73. The molecule has 0 spiro atoms. The van der Waals surface area contributed by atoms with E-state index in [1.807, 2.05) is 19.1 Å². The number of aromatic nitrogens is 1. The van der Waals surface area contributed by atoms with Gasteiger partial charge in [0.05, 0.1) is 6.61 Å². The van der Waals surface area contributed by atoms with Gasteiger partial charge in [0, 0.05) is 18.1 Å². The number of nitrogens with zero attached hydrogens (tertiary/aromatic N) is 1. The van der Waals surface area contributed by atoms with E-state index in [2.05, 4.69) is 10.3 Å². The first-order valence-electron chi connectivity index (χ1n) is 6.75. The number of rotatable bonds is 5. The number of pyridine rings is 1. The molecule has 2 rings (SSSR count). The Kier molecular flexibility index (Phi) is 5.12. The Bertz CT molecular complexity index is 373. The van der Waals surface area contributed by atoms with Crippen LogP contribution in [0.25, 0.3) is 0 Å². The lowest BCUT2D eigenvalue weighted by Crippen LogP contribution is -2.33. The molecule has 1 fully saturated rings. The van der Waals surface area contributed by atoms with Crippen molar-refractivity contribution in [2.45, 2.75) is 38.6 Å². The molecule has 1 aromatic rings. The van der Waals surface area contributed by atoms with Crippen molar-refractivity contribution in [3.63, 3.8) is 0 Å². The molecule has 0 saturated heterocycles. The van der Waals surface area contributed by atoms with Crippen molar-refractivity contribution in [2.24, 2.45) is 5.92 Å². The maximum atomic E-state index is 6.05. The molecule has 4 heteroatoms. The van der Waals surface area contributed by atoms with Crippen LogP contribution in [0.5, 0.6) is 5.75 Å². The fraction of sp³-hybridized carbons (Fsp3) is 0.643. The number of ether oxygens (including phenoxy) is 1. The monoisotopic (exact) mass is 268 g/mol. The largest absolute Gasteiger partial charge is 0.490 e. The van der Waals surface area contributed by atoms with Gasteiger partial charge in [-0.05, 0) is 37.8 Å². The Balaban J connectivity index is 2.07. The number of nitrogens with one attached hydrogen (secondary N) is 1. The number of alkyl halides is 1. The molecule has 2 unspecified atom stereocenters. The van der Waals surface area contributed by atoms with Crippen molar-refractivity contribution in [3.8, 4) is 5.75 Å². The highest BCUT2D eigenvalue weighted by Gasteiger charge is 2.25. The predicted octanol–water partition coefficient (Wildman–Crippen LogP) is 3.69. The van der Waals surface area contributed by atoms with Crippen LogP contribution in [0.2, 0.25) is 0 Å². The molecule has 3 nitrogen and oxygen atoms in total. The van der Waals surface area contributed by atoms with Gasteiger partial charge in [-0.2, -0.15) is 0 Å². The maximum absolute atomic E-state index is 6.05. The van der Waals surface area contributed by atoms with E-state index in [0.29, 0.717) is 24.4 Å². The molecule has 0 aromatic carbocycles. The molecule has 100 valence electrons. The minimum atomic E-state index is 0.422. The molecule has 0 aliphatic heterocycles. The molecular weight excluding hydrogens is 248 g/mol. The minimum absolute atomic E-state index is 0.422. The second-order valence-corrected chi connectivity index (χ2v) is 5.04. The van der Waals surface area contributed by atoms with Crippen molar-refractivity contribution in [1.82, 2.24) is 4.98 Å². The van der Waals surface area contributed by atoms with Gasteiger partial charge >= 0.3 is 0 Å². The smallest absolute Gasteiger partial charge is 0.168 e. The third kappa shape index (κ3) is 3.29. The molecule has 0 bridgehead atoms. The first-order chi connectivity index (χ1) is 8.85. The topological polar surface area (TPSA) is 34.1 Å². The van der Waals surface area contributed by atoms with Crippen LogP contribution in [0.3, 0.4) is 0 Å². The maximum Gasteiger partial charge on any atom is 0.168 e. The van der Waals surface area contributed by atoms with Gasteiger partial charge in [0.1, 0.15) is 0 Å². The lowest BCUT2D eigenvalue weighted by Gasteiger charge is -2.31. The highest BCUT2D eigenvalue weighted by atomic mass is 35.5. The minimum Gasteiger partial charge on any atom is -0.490 e. The summed E-state index contributed by atoms with van der Waals surface area (Å²) in [6, 6.07) is 4.28. The molecule has 18 heavy (non-hydrogen) atoms. The predicted molar refractivity (Wildman–Crippen MR) is 75.5 cm³/mol. The zero-order valence-corrected chi connectivity index (χ0v) is 11.6. The van der Waals surface area contributed by atoms with E-state index in [0.717, 1.165) is 11.6 Å². The lowest BCUT2D eigenvalue weighted by molar-refractivity contribution is 0.333. The van der Waals surface area contributed by atoms with Gasteiger partial charge in [-0.1, -0.05) is 12.8 Å². The Morgan fingerprint density at radius 2 is 2.28 bits per heavy atom. The summed E-state index contributed by atoms with van der Waals surface area (Å²) in [5.41, 5.74) is 0. The zero-order chi connectivity index (χ0) is 12.8. The fourth-order valence-corrected chi connectivity index (χ4v) is 2.90. The van der Waals surface area contributed by atoms with E-state index in [1.165, 1.54) is 25.7 Å². The molecule has 1 N–H and O–H groups in total. The number of hydrogen-bond acceptors (Lipinski definition) is 3. The summed E-state index contributed by atoms with van der Waals surface area (Å²) in [6.07, 6.45) is 6.72. The van der Waals surface area contributed by atoms with Crippen LogP contribution < -0.4 is 10.1 Å². The highest BCUT2D eigenvalue weighted by Crippen LogP contribution is 2.30. The Labute approximate surface area is 114 Å². The van der Waals surface area contributed by atoms with E-state index >= 15 is 0 Å². The lowest BCUT2D eigenvalue weighted by atomic mass is 9.86. The van der Waals surface area contributed by atoms with Crippen LogP contribution in [-0.2, 0) is 0 Å². The molecule has 0 amide bonds. The average molecular weight is 269 g/mol. The van der Waals surface area contributed by atoms with Crippen LogP contribution in [-0.4, -0.2) is 23.5 Å². The van der Waals surface area contributed by atoms with Crippen LogP contribution in [0.4, 0.5) is 5.82 Å². The van der Waals surface area contributed by atoms with Gasteiger partial charge in [0.25, 0.3) is 0 Å². The summed E-state index contributed by atoms with van der Waals surface area (Å²) < 4.78 is 5.59. The summed E-state index contributed by atoms with van der Waals surface area (Å²) >= 11 is 6.05. The van der Waals surface area contributed by atoms with Crippen molar-refractivity contribution < 1.29 is 4.74 Å². The SMILES string of the molecule is CCOc1cccnc1NC1CCCCC1CCl. The van der Waals surface area contributed by atoms with Crippen molar-refractivity contribution in [1.29, 1.82) is 0 Å². The third-order valence-corrected chi connectivity index (χ3v) is 3.90. The first kappa shape index (κ1) is 13.5. The summed E-state index contributed by atoms with van der Waals surface area (Å²) in [5, 5.41) is 3.51. The summed E-state index contributed by atoms with van der Waals surface area (Å²) in [7, 11) is 0. The van der Waals surface area contributed by atoms with Crippen LogP contribution in [0, 0.1) is 5.92 Å². The average Bonchev–Trinajstić information content (AvgIpc) is 2.42. The van der Waals surface area contributed by atoms with Crippen LogP contribution in [0.15, 0.2) is 18.3 Å². The van der Waals surface area contributed by atoms with Crippen LogP contribution >= 0.6 is 11.6 Å². The molecular formula is C14H21ClN2O. The number of hydrogen-bond donors (Lipinski definition) is 1. The standard InChI is InChI=1S/C14H21ClN2O/c1-2-18-13-8-5-9-16-14(13)17-12-7-4-3-6-11(12)10-15/h5,8-9,11-12H,2-4,6-7,10H2,1H3,(H,16,17). The van der Waals surface area contributed by atoms with Gasteiger partial charge < -0.3 is 10.1 Å². The normalized spacial score (nSPS) is 23.7. The summed E-state index contributed by atoms with van der Waals surface area (Å²) in [4.78, 5) is 4.38. The van der Waals surface area contributed by atoms with Gasteiger partial charge in [-0.3, -0.25) is 0 Å². The molecule has 0 radical (unpaired) electrons. The molecule has 1 aromatic heterocycles. The first-order valence-corrected chi connectivity index (χ1v) is 7.29. The second kappa shape index (κ2) is 6.83. The molecule has 1 aliphatic rings. The van der Waals surface area contributed by atoms with E-state index < -0.39 is 0 Å². The Morgan fingerprint density at radius 1 is 1.44 bits per heavy atom. The quantitative estimate of drug-likeness (QED) is 0.827. The van der Waals surface area contributed by atoms with E-state index in [9.17, 15) is 0 Å². The number of anilines is 1. The summed E-state index contributed by atoms with van der Waals surface area (Å²) in [5.74, 6) is 2.94. The molecule has 1 saturated carbocycles. The number of halogens is 1. The summed E-state index contributed by atoms with van der Waals surface area (Å²) in [6.45, 7) is 2.64. The van der Waals surface area contributed by atoms with Crippen molar-refractivity contribution >= 4 is 17.4 Å².